The van der Waals surface area contributed by atoms with Crippen molar-refractivity contribution in [2.75, 3.05) is 31.1 Å². The Morgan fingerprint density at radius 3 is 2.43 bits per heavy atom. The van der Waals surface area contributed by atoms with Crippen LogP contribution in [0.1, 0.15) is 31.2 Å². The average molecular weight is 398 g/mol. The van der Waals surface area contributed by atoms with Crippen LogP contribution < -0.4 is 4.90 Å². The molecule has 0 aliphatic carbocycles. The molecule has 7 heteroatoms. The van der Waals surface area contributed by atoms with E-state index in [1.807, 2.05) is 12.1 Å². The van der Waals surface area contributed by atoms with E-state index in [4.69, 9.17) is 16.1 Å². The molecule has 1 aliphatic heterocycles. The Kier molecular flexibility index (Phi) is 5.59. The highest BCUT2D eigenvalue weighted by Gasteiger charge is 2.20. The normalized spacial score (nSPS) is 15.4. The van der Waals surface area contributed by atoms with Crippen LogP contribution in [0.15, 0.2) is 47.1 Å². The van der Waals surface area contributed by atoms with Gasteiger partial charge in [0.25, 0.3) is 0 Å². The maximum Gasteiger partial charge on any atom is 0.241 e. The van der Waals surface area contributed by atoms with Crippen molar-refractivity contribution in [3.63, 3.8) is 0 Å². The Bertz CT molecular complexity index is 899. The van der Waals surface area contributed by atoms with Crippen LogP contribution in [0.3, 0.4) is 0 Å². The van der Waals surface area contributed by atoms with Crippen LogP contribution in [0.2, 0.25) is 5.02 Å². The number of piperazine rings is 1. The van der Waals surface area contributed by atoms with Crippen molar-refractivity contribution in [3.8, 4) is 11.4 Å². The van der Waals surface area contributed by atoms with Gasteiger partial charge in [0.05, 0.1) is 11.6 Å². The molecule has 0 amide bonds. The molecule has 0 saturated carbocycles. The molecule has 3 aromatic rings. The van der Waals surface area contributed by atoms with Gasteiger partial charge >= 0.3 is 0 Å². The van der Waals surface area contributed by atoms with Crippen LogP contribution in [-0.4, -0.2) is 46.2 Å². The van der Waals surface area contributed by atoms with Crippen molar-refractivity contribution in [1.82, 2.24) is 20.0 Å². The molecule has 0 spiro atoms. The summed E-state index contributed by atoms with van der Waals surface area (Å²) in [7, 11) is 0. The van der Waals surface area contributed by atoms with E-state index in [2.05, 4.69) is 63.0 Å². The van der Waals surface area contributed by atoms with E-state index < -0.39 is 0 Å². The smallest absolute Gasteiger partial charge is 0.241 e. The molecule has 1 saturated heterocycles. The van der Waals surface area contributed by atoms with Crippen molar-refractivity contribution < 1.29 is 4.52 Å². The van der Waals surface area contributed by atoms with Crippen molar-refractivity contribution in [1.29, 1.82) is 0 Å². The average Bonchev–Trinajstić information content (AvgIpc) is 3.18. The zero-order valence-electron chi connectivity index (χ0n) is 16.2. The van der Waals surface area contributed by atoms with Gasteiger partial charge < -0.3 is 9.42 Å². The van der Waals surface area contributed by atoms with Gasteiger partial charge in [0.2, 0.25) is 11.7 Å². The SMILES string of the molecule is CC(C)c1ccc(-c2noc(CN3CCN(c4ccc(Cl)cn4)CC3)n2)cc1. The molecule has 6 nitrogen and oxygen atoms in total. The lowest BCUT2D eigenvalue weighted by molar-refractivity contribution is 0.215. The first-order valence-corrected chi connectivity index (χ1v) is 9.98. The fourth-order valence-electron chi connectivity index (χ4n) is 3.33. The summed E-state index contributed by atoms with van der Waals surface area (Å²) in [6.45, 7) is 8.70. The van der Waals surface area contributed by atoms with Crippen LogP contribution in [0.5, 0.6) is 0 Å². The second kappa shape index (κ2) is 8.29. The van der Waals surface area contributed by atoms with Crippen molar-refractivity contribution in [2.45, 2.75) is 26.3 Å². The molecular formula is C21H24ClN5O. The highest BCUT2D eigenvalue weighted by molar-refractivity contribution is 6.30. The predicted octanol–water partition coefficient (Wildman–Crippen LogP) is 4.23. The lowest BCUT2D eigenvalue weighted by Gasteiger charge is -2.34. The van der Waals surface area contributed by atoms with E-state index in [9.17, 15) is 0 Å². The van der Waals surface area contributed by atoms with Crippen LogP contribution >= 0.6 is 11.6 Å². The number of hydrogen-bond acceptors (Lipinski definition) is 6. The van der Waals surface area contributed by atoms with Crippen molar-refractivity contribution in [2.24, 2.45) is 0 Å². The van der Waals surface area contributed by atoms with Crippen LogP contribution in [0.4, 0.5) is 5.82 Å². The molecule has 28 heavy (non-hydrogen) atoms. The molecule has 2 aromatic heterocycles. The minimum Gasteiger partial charge on any atom is -0.354 e. The topological polar surface area (TPSA) is 58.3 Å². The third kappa shape index (κ3) is 4.34. The molecule has 1 aromatic carbocycles. The number of nitrogens with zero attached hydrogens (tertiary/aromatic N) is 5. The Morgan fingerprint density at radius 2 is 1.79 bits per heavy atom. The molecule has 0 bridgehead atoms. The fraction of sp³-hybridized carbons (Fsp3) is 0.381. The molecule has 1 aliphatic rings. The minimum absolute atomic E-state index is 0.511. The number of rotatable bonds is 5. The summed E-state index contributed by atoms with van der Waals surface area (Å²) in [5.41, 5.74) is 2.29. The van der Waals surface area contributed by atoms with Crippen molar-refractivity contribution >= 4 is 17.4 Å². The molecule has 0 radical (unpaired) electrons. The van der Waals surface area contributed by atoms with E-state index in [-0.39, 0.29) is 0 Å². The zero-order chi connectivity index (χ0) is 19.5. The number of anilines is 1. The van der Waals surface area contributed by atoms with E-state index in [1.165, 1.54) is 5.56 Å². The summed E-state index contributed by atoms with van der Waals surface area (Å²) in [4.78, 5) is 13.6. The second-order valence-corrected chi connectivity index (χ2v) is 7.82. The quantitative estimate of drug-likeness (QED) is 0.642. The Morgan fingerprint density at radius 1 is 1.04 bits per heavy atom. The fourth-order valence-corrected chi connectivity index (χ4v) is 3.45. The largest absolute Gasteiger partial charge is 0.354 e. The first-order chi connectivity index (χ1) is 13.6. The van der Waals surface area contributed by atoms with Crippen LogP contribution in [0, 0.1) is 0 Å². The lowest BCUT2D eigenvalue weighted by Crippen LogP contribution is -2.46. The summed E-state index contributed by atoms with van der Waals surface area (Å²) >= 11 is 5.92. The molecule has 0 unspecified atom stereocenters. The van der Waals surface area contributed by atoms with Crippen LogP contribution in [0.25, 0.3) is 11.4 Å². The Labute approximate surface area is 170 Å². The molecule has 0 atom stereocenters. The van der Waals surface area contributed by atoms with Gasteiger partial charge in [-0.3, -0.25) is 4.90 Å². The second-order valence-electron chi connectivity index (χ2n) is 7.39. The number of pyridine rings is 1. The number of halogens is 1. The monoisotopic (exact) mass is 397 g/mol. The lowest BCUT2D eigenvalue weighted by atomic mass is 10.0. The van der Waals surface area contributed by atoms with E-state index in [0.717, 1.165) is 37.6 Å². The maximum absolute atomic E-state index is 5.92. The van der Waals surface area contributed by atoms with E-state index >= 15 is 0 Å². The number of benzene rings is 1. The summed E-state index contributed by atoms with van der Waals surface area (Å²) in [5.74, 6) is 2.78. The van der Waals surface area contributed by atoms with Gasteiger partial charge in [-0.15, -0.1) is 0 Å². The summed E-state index contributed by atoms with van der Waals surface area (Å²) in [5, 5.41) is 4.81. The predicted molar refractivity (Wildman–Crippen MR) is 111 cm³/mol. The van der Waals surface area contributed by atoms with Crippen LogP contribution in [-0.2, 0) is 6.54 Å². The molecular weight excluding hydrogens is 374 g/mol. The van der Waals surface area contributed by atoms with Gasteiger partial charge in [-0.05, 0) is 23.6 Å². The number of hydrogen-bond donors (Lipinski definition) is 0. The Balaban J connectivity index is 1.34. The summed E-state index contributed by atoms with van der Waals surface area (Å²) in [6.07, 6.45) is 1.69. The maximum atomic E-state index is 5.92. The van der Waals surface area contributed by atoms with Gasteiger partial charge in [0, 0.05) is 37.9 Å². The summed E-state index contributed by atoms with van der Waals surface area (Å²) < 4.78 is 5.48. The zero-order valence-corrected chi connectivity index (χ0v) is 16.9. The molecule has 0 N–H and O–H groups in total. The van der Waals surface area contributed by atoms with Gasteiger partial charge in [0.1, 0.15) is 5.82 Å². The van der Waals surface area contributed by atoms with E-state index in [1.54, 1.807) is 6.20 Å². The Hall–Kier alpha value is -2.44. The highest BCUT2D eigenvalue weighted by atomic mass is 35.5. The van der Waals surface area contributed by atoms with Crippen molar-refractivity contribution in [3.05, 3.63) is 59.1 Å². The molecule has 146 valence electrons. The van der Waals surface area contributed by atoms with Gasteiger partial charge in [-0.25, -0.2) is 4.98 Å². The van der Waals surface area contributed by atoms with Gasteiger partial charge in [0.15, 0.2) is 0 Å². The molecule has 4 rings (SSSR count). The third-order valence-electron chi connectivity index (χ3n) is 5.07. The summed E-state index contributed by atoms with van der Waals surface area (Å²) in [6, 6.07) is 12.2. The highest BCUT2D eigenvalue weighted by Crippen LogP contribution is 2.21. The first kappa shape index (κ1) is 18.9. The van der Waals surface area contributed by atoms with Gasteiger partial charge in [-0.2, -0.15) is 4.98 Å². The van der Waals surface area contributed by atoms with E-state index in [0.29, 0.717) is 29.2 Å². The standard InChI is InChI=1S/C21H24ClN5O/c1-15(2)16-3-5-17(6-4-16)21-24-20(28-25-21)14-26-9-11-27(12-10-26)19-8-7-18(22)13-23-19/h3-8,13,15H,9-12,14H2,1-2H3. The first-order valence-electron chi connectivity index (χ1n) is 9.60. The molecule has 3 heterocycles. The number of aromatic nitrogens is 3. The molecule has 1 fully saturated rings. The third-order valence-corrected chi connectivity index (χ3v) is 5.29. The van der Waals surface area contributed by atoms with Gasteiger partial charge in [-0.1, -0.05) is 54.9 Å². The minimum atomic E-state index is 0.511.